The lowest BCUT2D eigenvalue weighted by Crippen LogP contribution is -2.54. The third kappa shape index (κ3) is 7.22. The topological polar surface area (TPSA) is 86.8 Å². The molecule has 3 aromatic carbocycles. The van der Waals surface area contributed by atoms with Crippen LogP contribution in [-0.4, -0.2) is 43.3 Å². The fourth-order valence-electron chi connectivity index (χ4n) is 4.03. The summed E-state index contributed by atoms with van der Waals surface area (Å²) >= 11 is 0. The molecular formula is C30H37N3O4S. The molecular weight excluding hydrogens is 498 g/mol. The predicted molar refractivity (Wildman–Crippen MR) is 151 cm³/mol. The Bertz CT molecular complexity index is 1360. The van der Waals surface area contributed by atoms with Gasteiger partial charge >= 0.3 is 0 Å². The van der Waals surface area contributed by atoms with Crippen LogP contribution in [0.25, 0.3) is 0 Å². The van der Waals surface area contributed by atoms with E-state index in [1.807, 2.05) is 64.1 Å². The molecule has 3 aromatic rings. The first-order valence-corrected chi connectivity index (χ1v) is 14.0. The van der Waals surface area contributed by atoms with Gasteiger partial charge in [0.25, 0.3) is 10.0 Å². The highest BCUT2D eigenvalue weighted by atomic mass is 32.2. The van der Waals surface area contributed by atoms with Gasteiger partial charge in [-0.3, -0.25) is 13.9 Å². The Morgan fingerprint density at radius 2 is 1.45 bits per heavy atom. The van der Waals surface area contributed by atoms with Gasteiger partial charge in [0.1, 0.15) is 12.6 Å². The Kier molecular flexibility index (Phi) is 8.99. The number of carbonyl (C=O) groups is 2. The number of carbonyl (C=O) groups excluding carboxylic acids is 2. The molecule has 0 aliphatic rings. The quantitative estimate of drug-likeness (QED) is 0.425. The van der Waals surface area contributed by atoms with Crippen LogP contribution < -0.4 is 9.62 Å². The molecule has 0 bridgehead atoms. The van der Waals surface area contributed by atoms with Crippen molar-refractivity contribution in [3.8, 4) is 0 Å². The standard InChI is InChI=1S/C30H37N3O4S/c1-22-16-18-26(19-17-22)38(36,37)33(27-15-11-10-12-23(27)2)21-28(34)32(20-25-13-8-7-9-14-25)24(3)29(35)31-30(4,5)6/h7-19,24H,20-21H2,1-6H3,(H,31,35). The number of amides is 2. The smallest absolute Gasteiger partial charge is 0.264 e. The molecule has 0 fully saturated rings. The average Bonchev–Trinajstić information content (AvgIpc) is 2.85. The number of nitrogens with one attached hydrogen (secondary N) is 1. The lowest BCUT2D eigenvalue weighted by molar-refractivity contribution is -0.140. The van der Waals surface area contributed by atoms with Crippen LogP contribution in [0.3, 0.4) is 0 Å². The van der Waals surface area contributed by atoms with Gasteiger partial charge < -0.3 is 10.2 Å². The molecule has 1 N–H and O–H groups in total. The summed E-state index contributed by atoms with van der Waals surface area (Å²) in [6.07, 6.45) is 0. The highest BCUT2D eigenvalue weighted by molar-refractivity contribution is 7.92. The molecule has 0 heterocycles. The first kappa shape index (κ1) is 28.9. The number of sulfonamides is 1. The van der Waals surface area contributed by atoms with E-state index < -0.39 is 34.1 Å². The minimum Gasteiger partial charge on any atom is -0.350 e. The van der Waals surface area contributed by atoms with E-state index >= 15 is 0 Å². The van der Waals surface area contributed by atoms with E-state index in [4.69, 9.17) is 0 Å². The maximum Gasteiger partial charge on any atom is 0.264 e. The van der Waals surface area contributed by atoms with Crippen molar-refractivity contribution in [2.75, 3.05) is 10.8 Å². The highest BCUT2D eigenvalue weighted by Gasteiger charge is 2.33. The van der Waals surface area contributed by atoms with Crippen molar-refractivity contribution in [1.29, 1.82) is 0 Å². The van der Waals surface area contributed by atoms with Gasteiger partial charge in [0, 0.05) is 12.1 Å². The largest absolute Gasteiger partial charge is 0.350 e. The van der Waals surface area contributed by atoms with Crippen molar-refractivity contribution in [2.45, 2.75) is 64.6 Å². The second-order valence-electron chi connectivity index (χ2n) is 10.5. The molecule has 3 rings (SSSR count). The summed E-state index contributed by atoms with van der Waals surface area (Å²) < 4.78 is 28.9. The van der Waals surface area contributed by atoms with E-state index in [0.717, 1.165) is 15.4 Å². The lowest BCUT2D eigenvalue weighted by Gasteiger charge is -2.33. The number of aryl methyl sites for hydroxylation is 2. The SMILES string of the molecule is Cc1ccc(S(=O)(=O)N(CC(=O)N(Cc2ccccc2)C(C)C(=O)NC(C)(C)C)c2ccccc2C)cc1. The van der Waals surface area contributed by atoms with Crippen LogP contribution in [0, 0.1) is 13.8 Å². The first-order chi connectivity index (χ1) is 17.8. The van der Waals surface area contributed by atoms with Crippen LogP contribution >= 0.6 is 0 Å². The number of hydrogen-bond acceptors (Lipinski definition) is 4. The monoisotopic (exact) mass is 535 g/mol. The van der Waals surface area contributed by atoms with Crippen LogP contribution in [0.15, 0.2) is 83.8 Å². The molecule has 0 radical (unpaired) electrons. The van der Waals surface area contributed by atoms with Gasteiger partial charge in [-0.25, -0.2) is 8.42 Å². The van der Waals surface area contributed by atoms with Crippen LogP contribution in [-0.2, 0) is 26.2 Å². The highest BCUT2D eigenvalue weighted by Crippen LogP contribution is 2.27. The lowest BCUT2D eigenvalue weighted by atomic mass is 10.1. The number of anilines is 1. The molecule has 1 atom stereocenters. The van der Waals surface area contributed by atoms with Crippen molar-refractivity contribution in [1.82, 2.24) is 10.2 Å². The number of benzene rings is 3. The van der Waals surface area contributed by atoms with Gasteiger partial charge in [-0.15, -0.1) is 0 Å². The molecule has 0 saturated heterocycles. The maximum atomic E-state index is 13.9. The molecule has 0 aromatic heterocycles. The van der Waals surface area contributed by atoms with Crippen LogP contribution in [0.1, 0.15) is 44.4 Å². The van der Waals surface area contributed by atoms with Crippen molar-refractivity contribution >= 4 is 27.5 Å². The fourth-order valence-corrected chi connectivity index (χ4v) is 5.51. The van der Waals surface area contributed by atoms with Crippen LogP contribution in [0.5, 0.6) is 0 Å². The van der Waals surface area contributed by atoms with Crippen molar-refractivity contribution < 1.29 is 18.0 Å². The van der Waals surface area contributed by atoms with Gasteiger partial charge in [-0.05, 0) is 70.9 Å². The molecule has 2 amide bonds. The van der Waals surface area contributed by atoms with Crippen LogP contribution in [0.2, 0.25) is 0 Å². The second kappa shape index (κ2) is 11.8. The normalized spacial score (nSPS) is 12.5. The van der Waals surface area contributed by atoms with E-state index in [2.05, 4.69) is 5.32 Å². The molecule has 0 spiro atoms. The van der Waals surface area contributed by atoms with Crippen molar-refractivity contribution in [2.24, 2.45) is 0 Å². The Hall–Kier alpha value is -3.65. The zero-order valence-corrected chi connectivity index (χ0v) is 23.7. The first-order valence-electron chi connectivity index (χ1n) is 12.6. The summed E-state index contributed by atoms with van der Waals surface area (Å²) in [6.45, 7) is 10.7. The molecule has 1 unspecified atom stereocenters. The van der Waals surface area contributed by atoms with Gasteiger partial charge in [0.2, 0.25) is 11.8 Å². The summed E-state index contributed by atoms with van der Waals surface area (Å²) in [5.41, 5.74) is 2.39. The Balaban J connectivity index is 2.04. The van der Waals surface area contributed by atoms with E-state index in [-0.39, 0.29) is 17.3 Å². The summed E-state index contributed by atoms with van der Waals surface area (Å²) in [6, 6.07) is 22.1. The van der Waals surface area contributed by atoms with Crippen molar-refractivity contribution in [3.05, 3.63) is 95.6 Å². The molecule has 202 valence electrons. The minimum atomic E-state index is -4.08. The van der Waals surface area contributed by atoms with Gasteiger partial charge in [-0.2, -0.15) is 0 Å². The van der Waals surface area contributed by atoms with Gasteiger partial charge in [0.15, 0.2) is 0 Å². The average molecular weight is 536 g/mol. The summed E-state index contributed by atoms with van der Waals surface area (Å²) in [5.74, 6) is -0.796. The van der Waals surface area contributed by atoms with E-state index in [1.54, 1.807) is 56.3 Å². The summed E-state index contributed by atoms with van der Waals surface area (Å²) in [5, 5.41) is 2.93. The predicted octanol–water partition coefficient (Wildman–Crippen LogP) is 4.83. The Morgan fingerprint density at radius 3 is 2.03 bits per heavy atom. The van der Waals surface area contributed by atoms with Crippen molar-refractivity contribution in [3.63, 3.8) is 0 Å². The molecule has 0 aliphatic heterocycles. The molecule has 0 aliphatic carbocycles. The number of rotatable bonds is 9. The molecule has 0 saturated carbocycles. The van der Waals surface area contributed by atoms with Crippen LogP contribution in [0.4, 0.5) is 5.69 Å². The number of para-hydroxylation sites is 1. The Labute approximate surface area is 226 Å². The van der Waals surface area contributed by atoms with E-state index in [0.29, 0.717) is 11.3 Å². The molecule has 7 nitrogen and oxygen atoms in total. The van der Waals surface area contributed by atoms with Gasteiger partial charge in [0.05, 0.1) is 10.6 Å². The Morgan fingerprint density at radius 1 is 0.868 bits per heavy atom. The van der Waals surface area contributed by atoms with E-state index in [9.17, 15) is 18.0 Å². The third-order valence-electron chi connectivity index (χ3n) is 6.13. The third-order valence-corrected chi connectivity index (χ3v) is 7.91. The maximum absolute atomic E-state index is 13.9. The summed E-state index contributed by atoms with van der Waals surface area (Å²) in [4.78, 5) is 28.6. The number of nitrogens with zero attached hydrogens (tertiary/aromatic N) is 2. The van der Waals surface area contributed by atoms with Gasteiger partial charge in [-0.1, -0.05) is 66.2 Å². The van der Waals surface area contributed by atoms with E-state index in [1.165, 1.54) is 4.90 Å². The molecule has 8 heteroatoms. The fraction of sp³-hybridized carbons (Fsp3) is 0.333. The zero-order valence-electron chi connectivity index (χ0n) is 22.9. The summed E-state index contributed by atoms with van der Waals surface area (Å²) in [7, 11) is -4.08. The minimum absolute atomic E-state index is 0.0901. The molecule has 38 heavy (non-hydrogen) atoms. The zero-order chi connectivity index (χ0) is 28.1. The number of hydrogen-bond donors (Lipinski definition) is 1. The second-order valence-corrected chi connectivity index (χ2v) is 12.4.